The van der Waals surface area contributed by atoms with Crippen molar-refractivity contribution in [1.82, 2.24) is 15.1 Å². The summed E-state index contributed by atoms with van der Waals surface area (Å²) in [5.74, 6) is 0.769. The average molecular weight is 275 g/mol. The molecule has 1 aromatic rings. The van der Waals surface area contributed by atoms with Gasteiger partial charge in [-0.05, 0) is 19.4 Å². The molecule has 1 amide bonds. The SMILES string of the molecule is C=CCCC(=O)N1CCC(Oc2ccc(C)nn2)CC1. The van der Waals surface area contributed by atoms with E-state index in [-0.39, 0.29) is 12.0 Å². The molecule has 2 heterocycles. The Balaban J connectivity index is 1.78. The molecule has 2 rings (SSSR count). The zero-order valence-electron chi connectivity index (χ0n) is 11.9. The van der Waals surface area contributed by atoms with E-state index >= 15 is 0 Å². The molecule has 0 saturated carbocycles. The normalized spacial score (nSPS) is 15.9. The van der Waals surface area contributed by atoms with E-state index in [4.69, 9.17) is 4.74 Å². The number of amides is 1. The van der Waals surface area contributed by atoms with Crippen LogP contribution in [0.15, 0.2) is 24.8 Å². The number of ether oxygens (including phenoxy) is 1. The summed E-state index contributed by atoms with van der Waals surface area (Å²) in [6.07, 6.45) is 4.89. The quantitative estimate of drug-likeness (QED) is 0.772. The van der Waals surface area contributed by atoms with E-state index in [1.807, 2.05) is 24.0 Å². The predicted octanol–water partition coefficient (Wildman–Crippen LogP) is 2.12. The predicted molar refractivity (Wildman–Crippen MR) is 76.4 cm³/mol. The highest BCUT2D eigenvalue weighted by Crippen LogP contribution is 2.17. The summed E-state index contributed by atoms with van der Waals surface area (Å²) in [6, 6.07) is 3.72. The first-order chi connectivity index (χ1) is 9.69. The smallest absolute Gasteiger partial charge is 0.233 e. The fourth-order valence-corrected chi connectivity index (χ4v) is 2.23. The second-order valence-corrected chi connectivity index (χ2v) is 5.04. The van der Waals surface area contributed by atoms with Gasteiger partial charge >= 0.3 is 0 Å². The van der Waals surface area contributed by atoms with Gasteiger partial charge in [-0.1, -0.05) is 6.08 Å². The first-order valence-corrected chi connectivity index (χ1v) is 7.04. The molecule has 0 unspecified atom stereocenters. The molecule has 1 saturated heterocycles. The molecule has 5 heteroatoms. The first kappa shape index (κ1) is 14.5. The summed E-state index contributed by atoms with van der Waals surface area (Å²) >= 11 is 0. The Kier molecular flexibility index (Phi) is 5.09. The van der Waals surface area contributed by atoms with Gasteiger partial charge in [-0.15, -0.1) is 11.7 Å². The number of rotatable bonds is 5. The van der Waals surface area contributed by atoms with E-state index in [0.29, 0.717) is 12.3 Å². The molecule has 1 aliphatic heterocycles. The summed E-state index contributed by atoms with van der Waals surface area (Å²) in [7, 11) is 0. The lowest BCUT2D eigenvalue weighted by Crippen LogP contribution is -2.41. The van der Waals surface area contributed by atoms with Gasteiger partial charge in [0.15, 0.2) is 0 Å². The monoisotopic (exact) mass is 275 g/mol. The molecule has 1 aliphatic rings. The molecule has 0 aliphatic carbocycles. The number of aromatic nitrogens is 2. The van der Waals surface area contributed by atoms with Gasteiger partial charge in [0.1, 0.15) is 6.10 Å². The molecule has 0 N–H and O–H groups in total. The maximum atomic E-state index is 11.9. The van der Waals surface area contributed by atoms with Gasteiger partial charge in [-0.2, -0.15) is 5.10 Å². The second kappa shape index (κ2) is 7.03. The molecule has 1 fully saturated rings. The van der Waals surface area contributed by atoms with Gasteiger partial charge in [0.2, 0.25) is 11.8 Å². The number of piperidine rings is 1. The number of carbonyl (C=O) groups excluding carboxylic acids is 1. The zero-order chi connectivity index (χ0) is 14.4. The van der Waals surface area contributed by atoms with Crippen LogP contribution >= 0.6 is 0 Å². The van der Waals surface area contributed by atoms with Crippen LogP contribution in [0, 0.1) is 6.92 Å². The third-order valence-corrected chi connectivity index (χ3v) is 3.42. The Morgan fingerprint density at radius 1 is 1.45 bits per heavy atom. The summed E-state index contributed by atoms with van der Waals surface area (Å²) in [5, 5.41) is 7.98. The van der Waals surface area contributed by atoms with E-state index in [1.165, 1.54) is 0 Å². The van der Waals surface area contributed by atoms with Crippen LogP contribution in [0.1, 0.15) is 31.4 Å². The number of carbonyl (C=O) groups is 1. The molecule has 0 atom stereocenters. The van der Waals surface area contributed by atoms with Crippen LogP contribution in [-0.4, -0.2) is 40.2 Å². The second-order valence-electron chi connectivity index (χ2n) is 5.04. The van der Waals surface area contributed by atoms with Crippen molar-refractivity contribution in [3.63, 3.8) is 0 Å². The number of aryl methyl sites for hydroxylation is 1. The van der Waals surface area contributed by atoms with Gasteiger partial charge in [0.05, 0.1) is 5.69 Å². The van der Waals surface area contributed by atoms with Gasteiger partial charge in [0.25, 0.3) is 0 Å². The molecule has 0 spiro atoms. The van der Waals surface area contributed by atoms with Crippen LogP contribution in [0.4, 0.5) is 0 Å². The molecule has 5 nitrogen and oxygen atoms in total. The van der Waals surface area contributed by atoms with E-state index in [1.54, 1.807) is 6.08 Å². The van der Waals surface area contributed by atoms with Crippen LogP contribution in [0.2, 0.25) is 0 Å². The molecule has 0 aromatic carbocycles. The van der Waals surface area contributed by atoms with Crippen molar-refractivity contribution in [3.8, 4) is 5.88 Å². The van der Waals surface area contributed by atoms with Crippen molar-refractivity contribution in [1.29, 1.82) is 0 Å². The van der Waals surface area contributed by atoms with Crippen LogP contribution in [0.5, 0.6) is 5.88 Å². The number of hydrogen-bond donors (Lipinski definition) is 0. The highest BCUT2D eigenvalue weighted by Gasteiger charge is 2.23. The van der Waals surface area contributed by atoms with Gasteiger partial charge in [-0.3, -0.25) is 4.79 Å². The van der Waals surface area contributed by atoms with E-state index in [0.717, 1.165) is 38.0 Å². The van der Waals surface area contributed by atoms with Crippen molar-refractivity contribution in [2.24, 2.45) is 0 Å². The van der Waals surface area contributed by atoms with Gasteiger partial charge in [-0.25, -0.2) is 0 Å². The van der Waals surface area contributed by atoms with Crippen molar-refractivity contribution in [2.45, 2.75) is 38.7 Å². The molecule has 0 radical (unpaired) electrons. The average Bonchev–Trinajstić information content (AvgIpc) is 2.48. The number of hydrogen-bond acceptors (Lipinski definition) is 4. The van der Waals surface area contributed by atoms with E-state index in [2.05, 4.69) is 16.8 Å². The lowest BCUT2D eigenvalue weighted by Gasteiger charge is -2.31. The molecule has 1 aromatic heterocycles. The first-order valence-electron chi connectivity index (χ1n) is 7.04. The maximum absolute atomic E-state index is 11.9. The largest absolute Gasteiger partial charge is 0.473 e. The fraction of sp³-hybridized carbons (Fsp3) is 0.533. The minimum Gasteiger partial charge on any atom is -0.473 e. The van der Waals surface area contributed by atoms with Crippen molar-refractivity contribution >= 4 is 5.91 Å². The minimum absolute atomic E-state index is 0.121. The molecular weight excluding hydrogens is 254 g/mol. The van der Waals surface area contributed by atoms with Crippen LogP contribution in [-0.2, 0) is 4.79 Å². The van der Waals surface area contributed by atoms with Gasteiger partial charge in [0, 0.05) is 38.4 Å². The standard InChI is InChI=1S/C15H21N3O2/c1-3-4-5-15(19)18-10-8-13(9-11-18)20-14-7-6-12(2)16-17-14/h3,6-7,13H,1,4-5,8-11H2,2H3. The topological polar surface area (TPSA) is 55.3 Å². The van der Waals surface area contributed by atoms with E-state index < -0.39 is 0 Å². The molecule has 108 valence electrons. The van der Waals surface area contributed by atoms with Crippen molar-refractivity contribution < 1.29 is 9.53 Å². The Hall–Kier alpha value is -1.91. The third kappa shape index (κ3) is 4.05. The summed E-state index contributed by atoms with van der Waals surface area (Å²) in [5.41, 5.74) is 0.875. The van der Waals surface area contributed by atoms with E-state index in [9.17, 15) is 4.79 Å². The zero-order valence-corrected chi connectivity index (χ0v) is 11.9. The van der Waals surface area contributed by atoms with Crippen LogP contribution < -0.4 is 4.74 Å². The van der Waals surface area contributed by atoms with Crippen LogP contribution in [0.25, 0.3) is 0 Å². The number of likely N-dealkylation sites (tertiary alicyclic amines) is 1. The number of nitrogens with zero attached hydrogens (tertiary/aromatic N) is 3. The molecule has 0 bridgehead atoms. The lowest BCUT2D eigenvalue weighted by atomic mass is 10.1. The van der Waals surface area contributed by atoms with Crippen LogP contribution in [0.3, 0.4) is 0 Å². The minimum atomic E-state index is 0.121. The molecular formula is C15H21N3O2. The Bertz CT molecular complexity index is 451. The maximum Gasteiger partial charge on any atom is 0.233 e. The summed E-state index contributed by atoms with van der Waals surface area (Å²) in [6.45, 7) is 7.03. The number of allylic oxidation sites excluding steroid dienone is 1. The highest BCUT2D eigenvalue weighted by molar-refractivity contribution is 5.76. The summed E-state index contributed by atoms with van der Waals surface area (Å²) < 4.78 is 5.79. The van der Waals surface area contributed by atoms with Crippen molar-refractivity contribution in [3.05, 3.63) is 30.5 Å². The fourth-order valence-electron chi connectivity index (χ4n) is 2.23. The molecule has 20 heavy (non-hydrogen) atoms. The lowest BCUT2D eigenvalue weighted by molar-refractivity contribution is -0.132. The summed E-state index contributed by atoms with van der Waals surface area (Å²) in [4.78, 5) is 13.8. The highest BCUT2D eigenvalue weighted by atomic mass is 16.5. The Morgan fingerprint density at radius 2 is 2.20 bits per heavy atom. The Morgan fingerprint density at radius 3 is 2.80 bits per heavy atom. The van der Waals surface area contributed by atoms with Gasteiger partial charge < -0.3 is 9.64 Å². The van der Waals surface area contributed by atoms with Crippen molar-refractivity contribution in [2.75, 3.05) is 13.1 Å². The Labute approximate surface area is 119 Å². The third-order valence-electron chi connectivity index (χ3n) is 3.42.